The summed E-state index contributed by atoms with van der Waals surface area (Å²) in [6, 6.07) is 7.65. The molecule has 0 radical (unpaired) electrons. The average molecular weight is 333 g/mol. The van der Waals surface area contributed by atoms with Gasteiger partial charge in [0.2, 0.25) is 5.22 Å². The molecular formula is C15H22Cl2O2Si. The third kappa shape index (κ3) is 5.13. The Balaban J connectivity index is 2.63. The minimum absolute atomic E-state index is 0.150. The van der Waals surface area contributed by atoms with Crippen molar-refractivity contribution in [1.29, 1.82) is 0 Å². The van der Waals surface area contributed by atoms with E-state index < -0.39 is 8.32 Å². The number of rotatable bonds is 5. The molecule has 0 fully saturated rings. The van der Waals surface area contributed by atoms with Crippen molar-refractivity contribution in [3.05, 3.63) is 40.6 Å². The molecule has 0 spiro atoms. The first-order valence-corrected chi connectivity index (χ1v) is 10.2. The average Bonchev–Trinajstić information content (AvgIpc) is 2.36. The van der Waals surface area contributed by atoms with Crippen LogP contribution in [0.2, 0.25) is 18.1 Å². The summed E-state index contributed by atoms with van der Waals surface area (Å²) < 4.78 is 11.4. The van der Waals surface area contributed by atoms with Crippen LogP contribution in [0, 0.1) is 0 Å². The Bertz CT molecular complexity index is 462. The van der Waals surface area contributed by atoms with Crippen LogP contribution >= 0.6 is 23.2 Å². The quantitative estimate of drug-likeness (QED) is 0.496. The zero-order valence-corrected chi connectivity index (χ0v) is 15.2. The fraction of sp³-hybridized carbons (Fsp3) is 0.467. The van der Waals surface area contributed by atoms with E-state index in [4.69, 9.17) is 32.4 Å². The van der Waals surface area contributed by atoms with Gasteiger partial charge in [0.1, 0.15) is 5.75 Å². The van der Waals surface area contributed by atoms with E-state index in [0.29, 0.717) is 12.4 Å². The largest absolute Gasteiger partial charge is 0.444 e. The standard InChI is InChI=1S/C15H22Cl2O2Si/c1-15(2,3)20(4,5)18-11-12-6-8-13(9-7-12)19-14(17)10-16/h6-10H,11H2,1-5H3/b14-10+. The number of ether oxygens (including phenoxy) is 1. The zero-order chi connectivity index (χ0) is 15.4. The number of halogens is 2. The van der Waals surface area contributed by atoms with Crippen LogP contribution in [0.15, 0.2) is 35.0 Å². The van der Waals surface area contributed by atoms with Gasteiger partial charge in [-0.25, -0.2) is 0 Å². The molecule has 112 valence electrons. The Hall–Kier alpha value is -0.483. The molecule has 0 amide bonds. The summed E-state index contributed by atoms with van der Waals surface area (Å²) in [5.74, 6) is 0.656. The van der Waals surface area contributed by atoms with E-state index in [9.17, 15) is 0 Å². The molecule has 5 heteroatoms. The summed E-state index contributed by atoms with van der Waals surface area (Å²) in [5, 5.41) is 0.367. The summed E-state index contributed by atoms with van der Waals surface area (Å²) in [5.41, 5.74) is 2.31. The highest BCUT2D eigenvalue weighted by atomic mass is 35.5. The highest BCUT2D eigenvalue weighted by Crippen LogP contribution is 2.37. The van der Waals surface area contributed by atoms with Crippen molar-refractivity contribution in [2.75, 3.05) is 0 Å². The molecule has 0 N–H and O–H groups in total. The van der Waals surface area contributed by atoms with Gasteiger partial charge in [-0.1, -0.05) is 44.5 Å². The van der Waals surface area contributed by atoms with Gasteiger partial charge in [0.25, 0.3) is 0 Å². The SMILES string of the molecule is CC(C)(C)[Si](C)(C)OCc1ccc(O/C(Cl)=C/Cl)cc1. The Morgan fingerprint density at radius 3 is 2.20 bits per heavy atom. The first-order valence-electron chi connectivity index (χ1n) is 6.52. The van der Waals surface area contributed by atoms with Crippen molar-refractivity contribution in [3.8, 4) is 5.75 Å². The fourth-order valence-electron chi connectivity index (χ4n) is 1.27. The molecule has 0 saturated heterocycles. The van der Waals surface area contributed by atoms with Crippen molar-refractivity contribution in [2.24, 2.45) is 0 Å². The van der Waals surface area contributed by atoms with Gasteiger partial charge in [0.15, 0.2) is 8.32 Å². The van der Waals surface area contributed by atoms with Crippen LogP contribution < -0.4 is 4.74 Å². The van der Waals surface area contributed by atoms with Crippen molar-refractivity contribution < 1.29 is 9.16 Å². The van der Waals surface area contributed by atoms with Crippen molar-refractivity contribution >= 4 is 31.5 Å². The summed E-state index contributed by atoms with van der Waals surface area (Å²) >= 11 is 11.1. The number of hydrogen-bond acceptors (Lipinski definition) is 2. The second-order valence-electron chi connectivity index (χ2n) is 6.21. The summed E-state index contributed by atoms with van der Waals surface area (Å²) in [6.45, 7) is 11.8. The Morgan fingerprint density at radius 1 is 1.20 bits per heavy atom. The van der Waals surface area contributed by atoms with Crippen LogP contribution in [0.1, 0.15) is 26.3 Å². The molecule has 1 rings (SSSR count). The Morgan fingerprint density at radius 2 is 1.75 bits per heavy atom. The number of hydrogen-bond donors (Lipinski definition) is 0. The zero-order valence-electron chi connectivity index (χ0n) is 12.7. The molecule has 0 aliphatic heterocycles. The van der Waals surface area contributed by atoms with E-state index in [-0.39, 0.29) is 10.3 Å². The summed E-state index contributed by atoms with van der Waals surface area (Å²) in [7, 11) is -1.71. The van der Waals surface area contributed by atoms with Gasteiger partial charge in [0, 0.05) is 0 Å². The van der Waals surface area contributed by atoms with Crippen LogP contribution in [-0.2, 0) is 11.0 Å². The van der Waals surface area contributed by atoms with Crippen LogP contribution in [0.3, 0.4) is 0 Å². The highest BCUT2D eigenvalue weighted by molar-refractivity contribution is 6.74. The number of benzene rings is 1. The molecule has 0 atom stereocenters. The molecule has 0 aromatic heterocycles. The van der Waals surface area contributed by atoms with E-state index >= 15 is 0 Å². The van der Waals surface area contributed by atoms with E-state index in [1.165, 1.54) is 5.54 Å². The van der Waals surface area contributed by atoms with Gasteiger partial charge >= 0.3 is 0 Å². The maximum Gasteiger partial charge on any atom is 0.205 e. The molecule has 1 aromatic rings. The molecule has 0 heterocycles. The molecule has 0 aliphatic rings. The van der Waals surface area contributed by atoms with Gasteiger partial charge in [-0.2, -0.15) is 0 Å². The minimum Gasteiger partial charge on any atom is -0.444 e. The lowest BCUT2D eigenvalue weighted by atomic mass is 10.2. The van der Waals surface area contributed by atoms with Gasteiger partial charge < -0.3 is 9.16 Å². The van der Waals surface area contributed by atoms with Crippen LogP contribution in [-0.4, -0.2) is 8.32 Å². The monoisotopic (exact) mass is 332 g/mol. The van der Waals surface area contributed by atoms with Crippen LogP contribution in [0.5, 0.6) is 5.75 Å². The maximum atomic E-state index is 6.16. The van der Waals surface area contributed by atoms with E-state index in [0.717, 1.165) is 5.56 Å². The van der Waals surface area contributed by atoms with Gasteiger partial charge in [-0.3, -0.25) is 0 Å². The Labute approximate surface area is 132 Å². The van der Waals surface area contributed by atoms with E-state index in [1.54, 1.807) is 0 Å². The molecule has 0 unspecified atom stereocenters. The summed E-state index contributed by atoms with van der Waals surface area (Å²) in [4.78, 5) is 0. The van der Waals surface area contributed by atoms with Gasteiger partial charge in [-0.05, 0) is 47.4 Å². The molecule has 2 nitrogen and oxygen atoms in total. The molecular weight excluding hydrogens is 311 g/mol. The first-order chi connectivity index (χ1) is 9.15. The smallest absolute Gasteiger partial charge is 0.205 e. The third-order valence-electron chi connectivity index (χ3n) is 3.63. The lowest BCUT2D eigenvalue weighted by molar-refractivity contribution is 0.276. The molecule has 1 aromatic carbocycles. The minimum atomic E-state index is -1.71. The second-order valence-corrected chi connectivity index (χ2v) is 11.6. The van der Waals surface area contributed by atoms with Crippen molar-refractivity contribution in [2.45, 2.75) is 45.5 Å². The molecule has 0 saturated carbocycles. The third-order valence-corrected chi connectivity index (χ3v) is 8.60. The maximum absolute atomic E-state index is 6.16. The normalized spacial score (nSPS) is 13.4. The molecule has 0 aliphatic carbocycles. The topological polar surface area (TPSA) is 18.5 Å². The van der Waals surface area contributed by atoms with Crippen LogP contribution in [0.25, 0.3) is 0 Å². The Kier molecular flexibility index (Phi) is 6.14. The molecule has 20 heavy (non-hydrogen) atoms. The predicted octanol–water partition coefficient (Wildman–Crippen LogP) is 5.86. The van der Waals surface area contributed by atoms with Crippen LogP contribution in [0.4, 0.5) is 0 Å². The van der Waals surface area contributed by atoms with Gasteiger partial charge in [0.05, 0.1) is 12.1 Å². The van der Waals surface area contributed by atoms with Crippen molar-refractivity contribution in [3.63, 3.8) is 0 Å². The highest BCUT2D eigenvalue weighted by Gasteiger charge is 2.36. The fourth-order valence-corrected chi connectivity index (χ4v) is 2.36. The summed E-state index contributed by atoms with van der Waals surface area (Å²) in [6.07, 6.45) is 0. The van der Waals surface area contributed by atoms with E-state index in [2.05, 4.69) is 33.9 Å². The second kappa shape index (κ2) is 6.99. The predicted molar refractivity (Wildman–Crippen MR) is 88.8 cm³/mol. The lowest BCUT2D eigenvalue weighted by Crippen LogP contribution is -2.40. The first kappa shape index (κ1) is 17.6. The molecule has 0 bridgehead atoms. The lowest BCUT2D eigenvalue weighted by Gasteiger charge is -2.36. The van der Waals surface area contributed by atoms with Gasteiger partial charge in [-0.15, -0.1) is 0 Å². The van der Waals surface area contributed by atoms with E-state index in [1.807, 2.05) is 24.3 Å². The van der Waals surface area contributed by atoms with Crippen molar-refractivity contribution in [1.82, 2.24) is 0 Å².